The zero-order valence-corrected chi connectivity index (χ0v) is 13.3. The van der Waals surface area contributed by atoms with Crippen LogP contribution in [0.5, 0.6) is 0 Å². The number of amides is 2. The van der Waals surface area contributed by atoms with E-state index in [9.17, 15) is 9.59 Å². The summed E-state index contributed by atoms with van der Waals surface area (Å²) in [6.45, 7) is 3.86. The molecule has 2 rings (SSSR count). The van der Waals surface area contributed by atoms with E-state index in [1.165, 1.54) is 6.08 Å². The van der Waals surface area contributed by atoms with E-state index in [2.05, 4.69) is 17.2 Å². The van der Waals surface area contributed by atoms with E-state index in [0.717, 1.165) is 16.3 Å². The average molecular weight is 321 g/mol. The summed E-state index contributed by atoms with van der Waals surface area (Å²) in [5, 5.41) is 16.1. The summed E-state index contributed by atoms with van der Waals surface area (Å²) >= 11 is 0. The molecule has 0 aliphatic rings. The highest BCUT2D eigenvalue weighted by Crippen LogP contribution is 2.22. The number of carbonyl (C=O) groups is 2. The fourth-order valence-corrected chi connectivity index (χ4v) is 2.43. The van der Waals surface area contributed by atoms with Crippen LogP contribution in [-0.4, -0.2) is 24.9 Å². The van der Waals surface area contributed by atoms with E-state index >= 15 is 0 Å². The Morgan fingerprint density at radius 3 is 2.62 bits per heavy atom. The SMILES string of the molecule is C=CC(=O)NCC(C(=O)NCCC#N)c1ccc2ccccc2c1. The third kappa shape index (κ3) is 4.43. The Bertz CT molecular complexity index is 793. The van der Waals surface area contributed by atoms with Crippen molar-refractivity contribution >= 4 is 22.6 Å². The van der Waals surface area contributed by atoms with Crippen molar-refractivity contribution in [1.82, 2.24) is 10.6 Å². The average Bonchev–Trinajstić information content (AvgIpc) is 2.61. The summed E-state index contributed by atoms with van der Waals surface area (Å²) in [4.78, 5) is 23.9. The van der Waals surface area contributed by atoms with E-state index < -0.39 is 5.92 Å². The van der Waals surface area contributed by atoms with Gasteiger partial charge in [-0.1, -0.05) is 49.0 Å². The summed E-state index contributed by atoms with van der Waals surface area (Å²) in [7, 11) is 0. The fraction of sp³-hybridized carbons (Fsp3) is 0.211. The maximum atomic E-state index is 12.5. The number of fused-ring (bicyclic) bond motifs is 1. The Morgan fingerprint density at radius 2 is 1.92 bits per heavy atom. The normalized spacial score (nSPS) is 11.3. The number of nitrogens with zero attached hydrogens (tertiary/aromatic N) is 1. The fourth-order valence-electron chi connectivity index (χ4n) is 2.43. The first-order valence-corrected chi connectivity index (χ1v) is 7.69. The lowest BCUT2D eigenvalue weighted by molar-refractivity contribution is -0.122. The lowest BCUT2D eigenvalue weighted by Gasteiger charge is -2.18. The van der Waals surface area contributed by atoms with Crippen LogP contribution in [0.25, 0.3) is 10.8 Å². The second kappa shape index (κ2) is 8.49. The van der Waals surface area contributed by atoms with Crippen LogP contribution in [-0.2, 0) is 9.59 Å². The number of hydrogen-bond donors (Lipinski definition) is 2. The van der Waals surface area contributed by atoms with Gasteiger partial charge in [0.25, 0.3) is 0 Å². The minimum atomic E-state index is -0.530. The highest BCUT2D eigenvalue weighted by atomic mass is 16.2. The Balaban J connectivity index is 2.24. The lowest BCUT2D eigenvalue weighted by atomic mass is 9.95. The maximum absolute atomic E-state index is 12.5. The molecule has 0 aliphatic carbocycles. The lowest BCUT2D eigenvalue weighted by Crippen LogP contribution is -2.37. The van der Waals surface area contributed by atoms with Crippen molar-refractivity contribution in [2.75, 3.05) is 13.1 Å². The molecule has 0 aromatic heterocycles. The van der Waals surface area contributed by atoms with Gasteiger partial charge in [-0.15, -0.1) is 0 Å². The molecule has 0 bridgehead atoms. The van der Waals surface area contributed by atoms with Crippen molar-refractivity contribution in [3.8, 4) is 6.07 Å². The molecule has 0 aliphatic heterocycles. The van der Waals surface area contributed by atoms with E-state index in [1.807, 2.05) is 48.5 Å². The first-order valence-electron chi connectivity index (χ1n) is 7.69. The van der Waals surface area contributed by atoms with Gasteiger partial charge in [-0.2, -0.15) is 5.26 Å². The molecule has 5 heteroatoms. The molecule has 1 unspecified atom stereocenters. The van der Waals surface area contributed by atoms with Gasteiger partial charge < -0.3 is 10.6 Å². The van der Waals surface area contributed by atoms with Gasteiger partial charge in [0.05, 0.1) is 18.4 Å². The van der Waals surface area contributed by atoms with Crippen molar-refractivity contribution in [2.45, 2.75) is 12.3 Å². The first-order chi connectivity index (χ1) is 11.7. The van der Waals surface area contributed by atoms with Gasteiger partial charge in [0.1, 0.15) is 0 Å². The minimum absolute atomic E-state index is 0.168. The Kier molecular flexibility index (Phi) is 6.09. The standard InChI is InChI=1S/C19H19N3O2/c1-2-18(23)22-13-17(19(24)21-11-5-10-20)16-9-8-14-6-3-4-7-15(14)12-16/h2-4,6-9,12,17H,1,5,11,13H2,(H,21,24)(H,22,23). The van der Waals surface area contributed by atoms with Crippen LogP contribution in [0, 0.1) is 11.3 Å². The number of nitrogens with one attached hydrogen (secondary N) is 2. The smallest absolute Gasteiger partial charge is 0.243 e. The van der Waals surface area contributed by atoms with Gasteiger partial charge in [0.2, 0.25) is 11.8 Å². The number of hydrogen-bond acceptors (Lipinski definition) is 3. The molecule has 2 N–H and O–H groups in total. The Hall–Kier alpha value is -3.13. The van der Waals surface area contributed by atoms with Crippen LogP contribution in [0.4, 0.5) is 0 Å². The molecule has 0 saturated carbocycles. The molecule has 0 heterocycles. The van der Waals surface area contributed by atoms with Gasteiger partial charge in [-0.05, 0) is 22.4 Å². The summed E-state index contributed by atoms with van der Waals surface area (Å²) in [6, 6.07) is 15.6. The van der Waals surface area contributed by atoms with Gasteiger partial charge in [0.15, 0.2) is 0 Å². The molecule has 0 spiro atoms. The van der Waals surface area contributed by atoms with Crippen LogP contribution >= 0.6 is 0 Å². The van der Waals surface area contributed by atoms with Crippen LogP contribution in [0.3, 0.4) is 0 Å². The molecule has 24 heavy (non-hydrogen) atoms. The molecule has 5 nitrogen and oxygen atoms in total. The van der Waals surface area contributed by atoms with E-state index in [-0.39, 0.29) is 31.3 Å². The Morgan fingerprint density at radius 1 is 1.17 bits per heavy atom. The quantitative estimate of drug-likeness (QED) is 0.606. The van der Waals surface area contributed by atoms with Crippen molar-refractivity contribution in [3.63, 3.8) is 0 Å². The summed E-state index contributed by atoms with van der Waals surface area (Å²) < 4.78 is 0. The van der Waals surface area contributed by atoms with Crippen LogP contribution in [0.2, 0.25) is 0 Å². The molecule has 0 fully saturated rings. The number of rotatable bonds is 7. The molecular weight excluding hydrogens is 302 g/mol. The van der Waals surface area contributed by atoms with E-state index in [0.29, 0.717) is 0 Å². The van der Waals surface area contributed by atoms with Crippen LogP contribution in [0.1, 0.15) is 17.9 Å². The molecule has 2 amide bonds. The zero-order valence-electron chi connectivity index (χ0n) is 13.3. The van der Waals surface area contributed by atoms with Gasteiger partial charge in [-0.3, -0.25) is 9.59 Å². The van der Waals surface area contributed by atoms with Crippen LogP contribution in [0.15, 0.2) is 55.1 Å². The molecule has 122 valence electrons. The topological polar surface area (TPSA) is 82.0 Å². The largest absolute Gasteiger partial charge is 0.354 e. The molecule has 0 saturated heterocycles. The first kappa shape index (κ1) is 17.2. The van der Waals surface area contributed by atoms with Crippen LogP contribution < -0.4 is 10.6 Å². The van der Waals surface area contributed by atoms with Crippen molar-refractivity contribution < 1.29 is 9.59 Å². The van der Waals surface area contributed by atoms with Gasteiger partial charge in [-0.25, -0.2) is 0 Å². The minimum Gasteiger partial charge on any atom is -0.354 e. The predicted molar refractivity (Wildman–Crippen MR) is 93.1 cm³/mol. The number of carbonyl (C=O) groups excluding carboxylic acids is 2. The third-order valence-electron chi connectivity index (χ3n) is 3.69. The zero-order chi connectivity index (χ0) is 17.4. The summed E-state index contributed by atoms with van der Waals surface area (Å²) in [5.74, 6) is -1.08. The monoisotopic (exact) mass is 321 g/mol. The second-order valence-electron chi connectivity index (χ2n) is 5.31. The summed E-state index contributed by atoms with van der Waals surface area (Å²) in [6.07, 6.45) is 1.42. The molecule has 1 atom stereocenters. The van der Waals surface area contributed by atoms with Crippen molar-refractivity contribution in [1.29, 1.82) is 5.26 Å². The third-order valence-corrected chi connectivity index (χ3v) is 3.69. The molecule has 0 radical (unpaired) electrons. The van der Waals surface area contributed by atoms with Gasteiger partial charge >= 0.3 is 0 Å². The second-order valence-corrected chi connectivity index (χ2v) is 5.31. The highest BCUT2D eigenvalue weighted by Gasteiger charge is 2.21. The van der Waals surface area contributed by atoms with Gasteiger partial charge in [0, 0.05) is 13.1 Å². The van der Waals surface area contributed by atoms with E-state index in [4.69, 9.17) is 5.26 Å². The van der Waals surface area contributed by atoms with E-state index in [1.54, 1.807) is 0 Å². The van der Waals surface area contributed by atoms with Crippen molar-refractivity contribution in [2.24, 2.45) is 0 Å². The molecule has 2 aromatic carbocycles. The molecule has 2 aromatic rings. The Labute approximate surface area is 141 Å². The van der Waals surface area contributed by atoms with Crippen molar-refractivity contribution in [3.05, 3.63) is 60.7 Å². The summed E-state index contributed by atoms with van der Waals surface area (Å²) in [5.41, 5.74) is 0.813. The predicted octanol–water partition coefficient (Wildman–Crippen LogP) is 2.26. The highest BCUT2D eigenvalue weighted by molar-refractivity contribution is 5.90. The number of nitriles is 1. The number of benzene rings is 2. The maximum Gasteiger partial charge on any atom is 0.243 e. The molecular formula is C19H19N3O2.